The molecule has 0 saturated heterocycles. The van der Waals surface area contributed by atoms with Gasteiger partial charge in [-0.1, -0.05) is 11.3 Å². The number of carbonyl (C=O) groups is 1. The van der Waals surface area contributed by atoms with Gasteiger partial charge in [0, 0.05) is 7.05 Å². The third-order valence-electron chi connectivity index (χ3n) is 1.45. The summed E-state index contributed by atoms with van der Waals surface area (Å²) in [5, 5.41) is 8.57. The van der Waals surface area contributed by atoms with Crippen molar-refractivity contribution >= 4 is 22.4 Å². The van der Waals surface area contributed by atoms with Crippen molar-refractivity contribution in [3.05, 3.63) is 11.1 Å². The smallest absolute Gasteiger partial charge is 0.405 e. The molecule has 0 aliphatic rings. The number of thiazole rings is 1. The van der Waals surface area contributed by atoms with E-state index in [0.717, 1.165) is 11.1 Å². The Labute approximate surface area is 87.0 Å². The molecule has 0 fully saturated rings. The van der Waals surface area contributed by atoms with Crippen molar-refractivity contribution in [1.82, 2.24) is 4.98 Å². The molecule has 0 bridgehead atoms. The largest absolute Gasteiger partial charge is 0.477 e. The molecule has 0 aromatic carbocycles. The summed E-state index contributed by atoms with van der Waals surface area (Å²) in [5.41, 5.74) is 0. The molecule has 0 aliphatic carbocycles. The van der Waals surface area contributed by atoms with Gasteiger partial charge < -0.3 is 10.0 Å². The van der Waals surface area contributed by atoms with E-state index < -0.39 is 18.7 Å². The number of carboxylic acid groups (broad SMARTS) is 1. The van der Waals surface area contributed by atoms with Crippen LogP contribution >= 0.6 is 11.3 Å². The van der Waals surface area contributed by atoms with E-state index >= 15 is 0 Å². The fraction of sp³-hybridized carbons (Fsp3) is 0.429. The number of carboxylic acids is 1. The summed E-state index contributed by atoms with van der Waals surface area (Å²) in [4.78, 5) is 14.8. The van der Waals surface area contributed by atoms with Crippen LogP contribution in [0.1, 0.15) is 9.67 Å². The van der Waals surface area contributed by atoms with Crippen molar-refractivity contribution in [3.63, 3.8) is 0 Å². The van der Waals surface area contributed by atoms with Crippen LogP contribution in [0.3, 0.4) is 0 Å². The zero-order valence-corrected chi connectivity index (χ0v) is 8.39. The lowest BCUT2D eigenvalue weighted by atomic mass is 10.6. The van der Waals surface area contributed by atoms with Gasteiger partial charge in [-0.15, -0.1) is 0 Å². The number of anilines is 1. The predicted molar refractivity (Wildman–Crippen MR) is 48.4 cm³/mol. The molecule has 1 N–H and O–H groups in total. The van der Waals surface area contributed by atoms with E-state index in [1.807, 2.05) is 0 Å². The van der Waals surface area contributed by atoms with Gasteiger partial charge in [0.1, 0.15) is 11.4 Å². The molecule has 8 heteroatoms. The summed E-state index contributed by atoms with van der Waals surface area (Å²) in [5.74, 6) is -1.20. The van der Waals surface area contributed by atoms with E-state index in [4.69, 9.17) is 5.11 Å². The zero-order valence-electron chi connectivity index (χ0n) is 7.58. The number of nitrogens with zero attached hydrogens (tertiary/aromatic N) is 2. The van der Waals surface area contributed by atoms with Gasteiger partial charge in [0.2, 0.25) is 0 Å². The SMILES string of the molecule is CN(CC(F)(F)F)c1ncc(C(=O)O)s1. The lowest BCUT2D eigenvalue weighted by Gasteiger charge is -2.17. The fourth-order valence-electron chi connectivity index (χ4n) is 0.877. The first kappa shape index (κ1) is 11.8. The Morgan fingerprint density at radius 2 is 2.27 bits per heavy atom. The highest BCUT2D eigenvalue weighted by Gasteiger charge is 2.30. The molecule has 4 nitrogen and oxygen atoms in total. The fourth-order valence-corrected chi connectivity index (χ4v) is 1.59. The number of aromatic carboxylic acids is 1. The minimum Gasteiger partial charge on any atom is -0.477 e. The van der Waals surface area contributed by atoms with Gasteiger partial charge in [-0.25, -0.2) is 9.78 Å². The van der Waals surface area contributed by atoms with Gasteiger partial charge in [0.25, 0.3) is 0 Å². The molecule has 15 heavy (non-hydrogen) atoms. The van der Waals surface area contributed by atoms with Crippen LogP contribution in [0.5, 0.6) is 0 Å². The van der Waals surface area contributed by atoms with E-state index in [0.29, 0.717) is 11.3 Å². The van der Waals surface area contributed by atoms with Gasteiger partial charge in [0.05, 0.1) is 6.20 Å². The van der Waals surface area contributed by atoms with Crippen LogP contribution in [0, 0.1) is 0 Å². The molecule has 1 rings (SSSR count). The number of hydrogen-bond acceptors (Lipinski definition) is 4. The van der Waals surface area contributed by atoms with Gasteiger partial charge in [-0.2, -0.15) is 13.2 Å². The summed E-state index contributed by atoms with van der Waals surface area (Å²) < 4.78 is 35.9. The van der Waals surface area contributed by atoms with Gasteiger partial charge in [-0.05, 0) is 0 Å². The summed E-state index contributed by atoms with van der Waals surface area (Å²) in [6, 6.07) is 0. The van der Waals surface area contributed by atoms with Crippen molar-refractivity contribution in [3.8, 4) is 0 Å². The van der Waals surface area contributed by atoms with Crippen molar-refractivity contribution in [1.29, 1.82) is 0 Å². The monoisotopic (exact) mass is 240 g/mol. The summed E-state index contributed by atoms with van der Waals surface area (Å²) in [6.45, 7) is -1.15. The Bertz CT molecular complexity index is 363. The first-order chi connectivity index (χ1) is 6.79. The van der Waals surface area contributed by atoms with Gasteiger partial charge in [-0.3, -0.25) is 0 Å². The number of hydrogen-bond donors (Lipinski definition) is 1. The maximum absolute atomic E-state index is 12.0. The minimum absolute atomic E-state index is 0.0322. The van der Waals surface area contributed by atoms with Crippen LogP contribution in [-0.4, -0.2) is 35.8 Å². The van der Waals surface area contributed by atoms with Crippen LogP contribution in [0.2, 0.25) is 0 Å². The maximum atomic E-state index is 12.0. The van der Waals surface area contributed by atoms with Gasteiger partial charge in [0.15, 0.2) is 5.13 Å². The summed E-state index contributed by atoms with van der Waals surface area (Å²) in [7, 11) is 1.21. The molecule has 0 unspecified atom stereocenters. The van der Waals surface area contributed by atoms with E-state index in [-0.39, 0.29) is 10.0 Å². The summed E-state index contributed by atoms with van der Waals surface area (Å²) >= 11 is 0.705. The third kappa shape index (κ3) is 3.39. The Morgan fingerprint density at radius 3 is 2.67 bits per heavy atom. The normalized spacial score (nSPS) is 11.5. The topological polar surface area (TPSA) is 53.4 Å². The molecule has 0 radical (unpaired) electrons. The van der Waals surface area contributed by atoms with Crippen molar-refractivity contribution in [2.75, 3.05) is 18.5 Å². The van der Waals surface area contributed by atoms with Crippen molar-refractivity contribution in [2.45, 2.75) is 6.18 Å². The molecule has 0 saturated carbocycles. The van der Waals surface area contributed by atoms with Gasteiger partial charge >= 0.3 is 12.1 Å². The Morgan fingerprint density at radius 1 is 1.67 bits per heavy atom. The number of halogens is 3. The van der Waals surface area contributed by atoms with E-state index in [9.17, 15) is 18.0 Å². The molecule has 84 valence electrons. The molecular weight excluding hydrogens is 233 g/mol. The Balaban J connectivity index is 2.74. The molecular formula is C7H7F3N2O2S. The van der Waals surface area contributed by atoms with Crippen molar-refractivity contribution in [2.24, 2.45) is 0 Å². The zero-order chi connectivity index (χ0) is 11.6. The Kier molecular flexibility index (Phi) is 3.18. The van der Waals surface area contributed by atoms with Crippen molar-refractivity contribution < 1.29 is 23.1 Å². The molecule has 0 atom stereocenters. The molecule has 0 aliphatic heterocycles. The van der Waals surface area contributed by atoms with E-state index in [1.54, 1.807) is 0 Å². The average Bonchev–Trinajstić information content (AvgIpc) is 2.47. The summed E-state index contributed by atoms with van der Waals surface area (Å²) in [6.07, 6.45) is -3.29. The number of alkyl halides is 3. The van der Waals surface area contributed by atoms with Crippen LogP contribution in [0.25, 0.3) is 0 Å². The number of aromatic nitrogens is 1. The molecule has 1 heterocycles. The first-order valence-electron chi connectivity index (χ1n) is 3.76. The van der Waals surface area contributed by atoms with Crippen LogP contribution in [0.15, 0.2) is 6.20 Å². The quantitative estimate of drug-likeness (QED) is 0.875. The number of rotatable bonds is 3. The maximum Gasteiger partial charge on any atom is 0.405 e. The Hall–Kier alpha value is -1.31. The predicted octanol–water partition coefficient (Wildman–Crippen LogP) is 1.84. The highest BCUT2D eigenvalue weighted by Crippen LogP contribution is 2.24. The van der Waals surface area contributed by atoms with Crippen LogP contribution < -0.4 is 4.90 Å². The van der Waals surface area contributed by atoms with E-state index in [1.165, 1.54) is 7.05 Å². The van der Waals surface area contributed by atoms with Crippen LogP contribution in [0.4, 0.5) is 18.3 Å². The second-order valence-electron chi connectivity index (χ2n) is 2.78. The molecule has 1 aromatic rings. The molecule has 0 amide bonds. The van der Waals surface area contributed by atoms with Crippen LogP contribution in [-0.2, 0) is 0 Å². The third-order valence-corrected chi connectivity index (χ3v) is 2.55. The minimum atomic E-state index is -4.33. The average molecular weight is 240 g/mol. The highest BCUT2D eigenvalue weighted by atomic mass is 32.1. The second-order valence-corrected chi connectivity index (χ2v) is 3.79. The van der Waals surface area contributed by atoms with E-state index in [2.05, 4.69) is 4.98 Å². The molecule has 1 aromatic heterocycles. The lowest BCUT2D eigenvalue weighted by molar-refractivity contribution is -0.119. The first-order valence-corrected chi connectivity index (χ1v) is 4.58. The second kappa shape index (κ2) is 4.05. The standard InChI is InChI=1S/C7H7F3N2O2S/c1-12(3-7(8,9)10)6-11-2-4(15-6)5(13)14/h2H,3H2,1H3,(H,13,14). The molecule has 0 spiro atoms. The lowest BCUT2D eigenvalue weighted by Crippen LogP contribution is -2.30. The highest BCUT2D eigenvalue weighted by molar-refractivity contribution is 7.17.